The van der Waals surface area contributed by atoms with E-state index in [2.05, 4.69) is 5.09 Å². The van der Waals surface area contributed by atoms with Crippen LogP contribution in [0.4, 0.5) is 0 Å². The highest BCUT2D eigenvalue weighted by molar-refractivity contribution is 7.52. The maximum Gasteiger partial charge on any atom is 0.512 e. The van der Waals surface area contributed by atoms with Gasteiger partial charge in [-0.25, -0.2) is 9.65 Å². The van der Waals surface area contributed by atoms with Crippen LogP contribution in [0.25, 0.3) is 0 Å². The molecule has 0 amide bonds. The van der Waals surface area contributed by atoms with Crippen LogP contribution in [0.1, 0.15) is 0 Å². The summed E-state index contributed by atoms with van der Waals surface area (Å²) < 4.78 is 23.1. The van der Waals surface area contributed by atoms with Crippen molar-refractivity contribution in [2.45, 2.75) is 0 Å². The quantitative estimate of drug-likeness (QED) is 0.839. The van der Waals surface area contributed by atoms with Gasteiger partial charge >= 0.3 is 7.75 Å². The third-order valence-corrected chi connectivity index (χ3v) is 3.66. The minimum absolute atomic E-state index is 0.492. The number of hydrogen-bond acceptors (Lipinski definition) is 3. The Hall–Kier alpha value is -1.77. The van der Waals surface area contributed by atoms with Gasteiger partial charge in [0.2, 0.25) is 0 Å². The van der Waals surface area contributed by atoms with E-state index < -0.39 is 7.75 Å². The Morgan fingerprint density at radius 3 is 1.56 bits per heavy atom. The van der Waals surface area contributed by atoms with Gasteiger partial charge in [0.1, 0.15) is 11.5 Å². The van der Waals surface area contributed by atoms with Crippen LogP contribution in [0.2, 0.25) is 0 Å². The molecule has 0 unspecified atom stereocenters. The molecule has 4 nitrogen and oxygen atoms in total. The first kappa shape index (κ1) is 12.7. The van der Waals surface area contributed by atoms with E-state index in [9.17, 15) is 4.57 Å². The van der Waals surface area contributed by atoms with E-state index in [0.29, 0.717) is 11.5 Å². The van der Waals surface area contributed by atoms with Crippen LogP contribution in [0, 0.1) is 0 Å². The molecule has 0 atom stereocenters. The smallest absolute Gasteiger partial charge is 0.405 e. The molecule has 0 spiro atoms. The Balaban J connectivity index is 2.14. The molecular formula is C13H14NO3P. The average molecular weight is 263 g/mol. The highest BCUT2D eigenvalue weighted by Crippen LogP contribution is 2.43. The summed E-state index contributed by atoms with van der Waals surface area (Å²) in [5, 5.41) is 2.59. The zero-order valence-electron chi connectivity index (χ0n) is 9.95. The van der Waals surface area contributed by atoms with Gasteiger partial charge in [-0.2, -0.15) is 0 Å². The summed E-state index contributed by atoms with van der Waals surface area (Å²) in [5.41, 5.74) is 0. The second-order valence-corrected chi connectivity index (χ2v) is 5.34. The van der Waals surface area contributed by atoms with Crippen LogP contribution in [0.3, 0.4) is 0 Å². The predicted octanol–water partition coefficient (Wildman–Crippen LogP) is 3.47. The molecule has 0 aliphatic heterocycles. The zero-order chi connectivity index (χ0) is 12.8. The number of para-hydroxylation sites is 2. The topological polar surface area (TPSA) is 47.6 Å². The molecule has 0 heterocycles. The fraction of sp³-hybridized carbons (Fsp3) is 0.0769. The standard InChI is InChI=1S/C13H14NO3P/c1-14-18(15,16-12-8-4-2-5-9-12)17-13-10-6-3-7-11-13/h2-11H,1H3,(H,14,15). The Morgan fingerprint density at radius 1 is 0.833 bits per heavy atom. The number of rotatable bonds is 5. The van der Waals surface area contributed by atoms with Crippen LogP contribution in [-0.4, -0.2) is 7.05 Å². The van der Waals surface area contributed by atoms with Gasteiger partial charge in [0.25, 0.3) is 0 Å². The van der Waals surface area contributed by atoms with Crippen LogP contribution < -0.4 is 14.1 Å². The molecule has 0 radical (unpaired) electrons. The minimum atomic E-state index is -3.39. The monoisotopic (exact) mass is 263 g/mol. The summed E-state index contributed by atoms with van der Waals surface area (Å²) in [5.74, 6) is 0.984. The molecule has 94 valence electrons. The van der Waals surface area contributed by atoms with Gasteiger partial charge in [-0.1, -0.05) is 36.4 Å². The first-order chi connectivity index (χ1) is 8.72. The van der Waals surface area contributed by atoms with Gasteiger partial charge in [-0.15, -0.1) is 0 Å². The molecule has 2 rings (SSSR count). The maximum atomic E-state index is 12.4. The molecule has 0 saturated heterocycles. The number of nitrogens with one attached hydrogen (secondary N) is 1. The van der Waals surface area contributed by atoms with Crippen LogP contribution >= 0.6 is 7.75 Å². The zero-order valence-corrected chi connectivity index (χ0v) is 10.8. The molecule has 18 heavy (non-hydrogen) atoms. The lowest BCUT2D eigenvalue weighted by atomic mass is 10.3. The molecule has 0 bridgehead atoms. The fourth-order valence-electron chi connectivity index (χ4n) is 1.35. The first-order valence-electron chi connectivity index (χ1n) is 5.50. The fourth-order valence-corrected chi connectivity index (χ4v) is 2.37. The number of hydrogen-bond donors (Lipinski definition) is 1. The van der Waals surface area contributed by atoms with E-state index in [1.54, 1.807) is 48.5 Å². The molecular weight excluding hydrogens is 249 g/mol. The lowest BCUT2D eigenvalue weighted by Gasteiger charge is -2.18. The Kier molecular flexibility index (Phi) is 4.03. The summed E-state index contributed by atoms with van der Waals surface area (Å²) in [7, 11) is -1.86. The molecule has 2 aromatic rings. The van der Waals surface area contributed by atoms with Crippen molar-refractivity contribution < 1.29 is 13.6 Å². The van der Waals surface area contributed by atoms with E-state index in [-0.39, 0.29) is 0 Å². The molecule has 0 aliphatic carbocycles. The Morgan fingerprint density at radius 2 is 1.22 bits per heavy atom. The van der Waals surface area contributed by atoms with E-state index in [1.807, 2.05) is 12.1 Å². The maximum absolute atomic E-state index is 12.4. The predicted molar refractivity (Wildman–Crippen MR) is 70.8 cm³/mol. The van der Waals surface area contributed by atoms with Crippen LogP contribution in [-0.2, 0) is 4.57 Å². The lowest BCUT2D eigenvalue weighted by molar-refractivity contribution is 0.376. The molecule has 1 N–H and O–H groups in total. The summed E-state index contributed by atoms with van der Waals surface area (Å²) in [4.78, 5) is 0. The highest BCUT2D eigenvalue weighted by Gasteiger charge is 2.25. The van der Waals surface area contributed by atoms with E-state index in [4.69, 9.17) is 9.05 Å². The van der Waals surface area contributed by atoms with Crippen molar-refractivity contribution in [2.24, 2.45) is 0 Å². The summed E-state index contributed by atoms with van der Waals surface area (Å²) in [6.07, 6.45) is 0. The average Bonchev–Trinajstić information content (AvgIpc) is 2.41. The number of benzene rings is 2. The molecule has 0 saturated carbocycles. The Bertz CT molecular complexity index is 485. The molecule has 0 fully saturated rings. The lowest BCUT2D eigenvalue weighted by Crippen LogP contribution is -2.13. The van der Waals surface area contributed by atoms with Crippen molar-refractivity contribution in [3.63, 3.8) is 0 Å². The van der Waals surface area contributed by atoms with Gasteiger partial charge in [0.05, 0.1) is 0 Å². The van der Waals surface area contributed by atoms with Crippen molar-refractivity contribution in [3.8, 4) is 11.5 Å². The summed E-state index contributed by atoms with van der Waals surface area (Å²) in [6, 6.07) is 17.8. The van der Waals surface area contributed by atoms with E-state index >= 15 is 0 Å². The van der Waals surface area contributed by atoms with Crippen molar-refractivity contribution in [2.75, 3.05) is 7.05 Å². The molecule has 2 aromatic carbocycles. The molecule has 5 heteroatoms. The second kappa shape index (κ2) is 5.71. The first-order valence-corrected chi connectivity index (χ1v) is 7.04. The van der Waals surface area contributed by atoms with Gasteiger partial charge in [-0.3, -0.25) is 0 Å². The minimum Gasteiger partial charge on any atom is -0.405 e. The second-order valence-electron chi connectivity index (χ2n) is 3.53. The Labute approximate surface area is 106 Å². The van der Waals surface area contributed by atoms with E-state index in [0.717, 1.165) is 0 Å². The van der Waals surface area contributed by atoms with Crippen molar-refractivity contribution in [3.05, 3.63) is 60.7 Å². The highest BCUT2D eigenvalue weighted by atomic mass is 31.2. The molecule has 0 aliphatic rings. The van der Waals surface area contributed by atoms with Crippen molar-refractivity contribution >= 4 is 7.75 Å². The van der Waals surface area contributed by atoms with Gasteiger partial charge < -0.3 is 9.05 Å². The van der Waals surface area contributed by atoms with Crippen LogP contribution in [0.15, 0.2) is 60.7 Å². The summed E-state index contributed by atoms with van der Waals surface area (Å²) >= 11 is 0. The summed E-state index contributed by atoms with van der Waals surface area (Å²) in [6.45, 7) is 0. The largest absolute Gasteiger partial charge is 0.512 e. The SMILES string of the molecule is CNP(=O)(Oc1ccccc1)Oc1ccccc1. The van der Waals surface area contributed by atoms with Crippen molar-refractivity contribution in [1.82, 2.24) is 5.09 Å². The van der Waals surface area contributed by atoms with Gasteiger partial charge in [0.15, 0.2) is 0 Å². The normalized spacial score (nSPS) is 10.9. The van der Waals surface area contributed by atoms with E-state index in [1.165, 1.54) is 7.05 Å². The van der Waals surface area contributed by atoms with Crippen molar-refractivity contribution in [1.29, 1.82) is 0 Å². The third-order valence-electron chi connectivity index (χ3n) is 2.21. The molecule has 0 aromatic heterocycles. The van der Waals surface area contributed by atoms with Crippen LogP contribution in [0.5, 0.6) is 11.5 Å². The third kappa shape index (κ3) is 3.36. The van der Waals surface area contributed by atoms with Gasteiger partial charge in [-0.05, 0) is 31.3 Å². The van der Waals surface area contributed by atoms with Gasteiger partial charge in [0, 0.05) is 0 Å².